The minimum atomic E-state index is -3.82. The van der Waals surface area contributed by atoms with Crippen molar-refractivity contribution in [2.24, 2.45) is 0 Å². The van der Waals surface area contributed by atoms with Crippen LogP contribution in [0.15, 0.2) is 77.7 Å². The molecule has 0 saturated carbocycles. The summed E-state index contributed by atoms with van der Waals surface area (Å²) in [4.78, 5) is 14.0. The molecule has 5 nitrogen and oxygen atoms in total. The van der Waals surface area contributed by atoms with Gasteiger partial charge in [-0.3, -0.25) is 9.10 Å². The molecule has 1 unspecified atom stereocenters. The maximum atomic E-state index is 13.8. The van der Waals surface area contributed by atoms with Crippen LogP contribution in [0.5, 0.6) is 0 Å². The van der Waals surface area contributed by atoms with Crippen molar-refractivity contribution in [3.05, 3.63) is 89.5 Å². The Labute approximate surface area is 184 Å². The molecule has 0 radical (unpaired) electrons. The van der Waals surface area contributed by atoms with Crippen molar-refractivity contribution in [3.63, 3.8) is 0 Å². The molecular weight excluding hydrogens is 408 g/mol. The molecule has 0 N–H and O–H groups in total. The van der Waals surface area contributed by atoms with E-state index in [0.29, 0.717) is 12.1 Å². The molecular formula is C25H26N2O3S. The van der Waals surface area contributed by atoms with Crippen LogP contribution in [0.4, 0.5) is 11.4 Å². The van der Waals surface area contributed by atoms with Crippen LogP contribution in [-0.2, 0) is 27.8 Å². The fraction of sp³-hybridized carbons (Fsp3) is 0.240. The Morgan fingerprint density at radius 3 is 2.45 bits per heavy atom. The number of anilines is 2. The maximum Gasteiger partial charge on any atom is 0.264 e. The second kappa shape index (κ2) is 8.19. The molecule has 31 heavy (non-hydrogen) atoms. The zero-order valence-electron chi connectivity index (χ0n) is 17.9. The van der Waals surface area contributed by atoms with Crippen LogP contribution in [0.2, 0.25) is 0 Å². The molecule has 1 heterocycles. The third-order valence-corrected chi connectivity index (χ3v) is 7.42. The zero-order chi connectivity index (χ0) is 22.2. The summed E-state index contributed by atoms with van der Waals surface area (Å²) in [5.74, 6) is -0.0349. The predicted octanol–water partition coefficient (Wildman–Crippen LogP) is 4.69. The standard InChI is InChI=1S/C25H26N2O3S/c1-18-8-7-11-23(14-18)26(17-21-9-5-4-6-10-21)31(29,30)24-12-13-25-22(16-24)15-19(2)27(25)20(3)28/h4-14,16,19H,15,17H2,1-3H3. The lowest BCUT2D eigenvalue weighted by atomic mass is 10.1. The van der Waals surface area contributed by atoms with Gasteiger partial charge >= 0.3 is 0 Å². The molecule has 0 spiro atoms. The van der Waals surface area contributed by atoms with Gasteiger partial charge in [-0.2, -0.15) is 0 Å². The van der Waals surface area contributed by atoms with Crippen molar-refractivity contribution in [2.75, 3.05) is 9.21 Å². The second-order valence-corrected chi connectivity index (χ2v) is 9.93. The Hall–Kier alpha value is -3.12. The van der Waals surface area contributed by atoms with E-state index in [-0.39, 0.29) is 23.4 Å². The van der Waals surface area contributed by atoms with Crippen LogP contribution in [0.1, 0.15) is 30.5 Å². The highest BCUT2D eigenvalue weighted by molar-refractivity contribution is 7.92. The van der Waals surface area contributed by atoms with Crippen LogP contribution in [-0.4, -0.2) is 20.4 Å². The first kappa shape index (κ1) is 21.1. The topological polar surface area (TPSA) is 57.7 Å². The van der Waals surface area contributed by atoms with Gasteiger partial charge in [-0.05, 0) is 67.3 Å². The molecule has 160 valence electrons. The lowest BCUT2D eigenvalue weighted by Gasteiger charge is -2.25. The van der Waals surface area contributed by atoms with Gasteiger partial charge in [0.15, 0.2) is 0 Å². The largest absolute Gasteiger partial charge is 0.309 e. The normalized spacial score (nSPS) is 15.6. The quantitative estimate of drug-likeness (QED) is 0.585. The molecule has 0 bridgehead atoms. The first-order valence-electron chi connectivity index (χ1n) is 10.3. The number of hydrogen-bond donors (Lipinski definition) is 0. The van der Waals surface area contributed by atoms with Gasteiger partial charge in [0, 0.05) is 18.7 Å². The number of carbonyl (C=O) groups is 1. The number of benzene rings is 3. The lowest BCUT2D eigenvalue weighted by molar-refractivity contribution is -0.116. The van der Waals surface area contributed by atoms with Crippen molar-refractivity contribution in [3.8, 4) is 0 Å². The van der Waals surface area contributed by atoms with Crippen molar-refractivity contribution >= 4 is 27.3 Å². The highest BCUT2D eigenvalue weighted by atomic mass is 32.2. The summed E-state index contributed by atoms with van der Waals surface area (Å²) in [6.45, 7) is 5.70. The minimum absolute atomic E-state index is 0.0163. The molecule has 1 aliphatic heterocycles. The van der Waals surface area contributed by atoms with Gasteiger partial charge < -0.3 is 4.90 Å². The fourth-order valence-corrected chi connectivity index (χ4v) is 5.72. The molecule has 0 aliphatic carbocycles. The smallest absolute Gasteiger partial charge is 0.264 e. The number of hydrogen-bond acceptors (Lipinski definition) is 3. The lowest BCUT2D eigenvalue weighted by Crippen LogP contribution is -2.33. The van der Waals surface area contributed by atoms with Gasteiger partial charge in [-0.15, -0.1) is 0 Å². The number of amides is 1. The molecule has 3 aromatic rings. The van der Waals surface area contributed by atoms with E-state index in [1.165, 1.54) is 11.2 Å². The third kappa shape index (κ3) is 4.08. The molecule has 4 rings (SSSR count). The number of fused-ring (bicyclic) bond motifs is 1. The first-order chi connectivity index (χ1) is 14.8. The summed E-state index contributed by atoms with van der Waals surface area (Å²) < 4.78 is 29.0. The molecule has 6 heteroatoms. The summed E-state index contributed by atoms with van der Waals surface area (Å²) in [6.07, 6.45) is 0.640. The number of nitrogens with zero attached hydrogens (tertiary/aromatic N) is 2. The Morgan fingerprint density at radius 1 is 1.03 bits per heavy atom. The summed E-state index contributed by atoms with van der Waals surface area (Å²) in [6, 6.07) is 22.2. The number of rotatable bonds is 5. The van der Waals surface area contributed by atoms with E-state index in [1.807, 2.05) is 68.4 Å². The van der Waals surface area contributed by atoms with Crippen LogP contribution >= 0.6 is 0 Å². The highest BCUT2D eigenvalue weighted by Gasteiger charge is 2.32. The molecule has 1 amide bonds. The van der Waals surface area contributed by atoms with E-state index in [4.69, 9.17) is 0 Å². The van der Waals surface area contributed by atoms with Crippen molar-refractivity contribution in [1.82, 2.24) is 0 Å². The van der Waals surface area contributed by atoms with E-state index in [9.17, 15) is 13.2 Å². The van der Waals surface area contributed by atoms with E-state index >= 15 is 0 Å². The Balaban J connectivity index is 1.78. The van der Waals surface area contributed by atoms with Gasteiger partial charge in [-0.25, -0.2) is 8.42 Å². The molecule has 1 aliphatic rings. The molecule has 0 aromatic heterocycles. The highest BCUT2D eigenvalue weighted by Crippen LogP contribution is 2.35. The Morgan fingerprint density at radius 2 is 1.77 bits per heavy atom. The van der Waals surface area contributed by atoms with Gasteiger partial charge in [-0.1, -0.05) is 42.5 Å². The summed E-state index contributed by atoms with van der Waals surface area (Å²) in [5.41, 5.74) is 4.20. The first-order valence-corrected chi connectivity index (χ1v) is 11.8. The average Bonchev–Trinajstić information content (AvgIpc) is 3.07. The fourth-order valence-electron chi connectivity index (χ4n) is 4.22. The number of carbonyl (C=O) groups excluding carboxylic acids is 1. The van der Waals surface area contributed by atoms with Crippen molar-refractivity contribution in [1.29, 1.82) is 0 Å². The maximum absolute atomic E-state index is 13.8. The third-order valence-electron chi connectivity index (χ3n) is 5.65. The van der Waals surface area contributed by atoms with Crippen molar-refractivity contribution < 1.29 is 13.2 Å². The van der Waals surface area contributed by atoms with Gasteiger partial charge in [0.1, 0.15) is 0 Å². The van der Waals surface area contributed by atoms with Gasteiger partial charge in [0.2, 0.25) is 5.91 Å². The minimum Gasteiger partial charge on any atom is -0.309 e. The summed E-state index contributed by atoms with van der Waals surface area (Å²) >= 11 is 0. The van der Waals surface area contributed by atoms with Crippen LogP contribution in [0.25, 0.3) is 0 Å². The van der Waals surface area contributed by atoms with E-state index in [2.05, 4.69) is 0 Å². The van der Waals surface area contributed by atoms with Crippen LogP contribution in [0, 0.1) is 6.92 Å². The molecule has 3 aromatic carbocycles. The molecule has 1 atom stereocenters. The number of aryl methyl sites for hydroxylation is 1. The van der Waals surface area contributed by atoms with Crippen LogP contribution < -0.4 is 9.21 Å². The summed E-state index contributed by atoms with van der Waals surface area (Å²) in [5, 5.41) is 0. The molecule has 0 fully saturated rings. The average molecular weight is 435 g/mol. The monoisotopic (exact) mass is 434 g/mol. The Bertz CT molecular complexity index is 1220. The van der Waals surface area contributed by atoms with Crippen LogP contribution in [0.3, 0.4) is 0 Å². The summed E-state index contributed by atoms with van der Waals surface area (Å²) in [7, 11) is -3.82. The van der Waals surface area contributed by atoms with E-state index in [1.54, 1.807) is 23.1 Å². The van der Waals surface area contributed by atoms with Crippen molar-refractivity contribution in [2.45, 2.75) is 44.7 Å². The van der Waals surface area contributed by atoms with E-state index < -0.39 is 10.0 Å². The van der Waals surface area contributed by atoms with E-state index in [0.717, 1.165) is 22.4 Å². The zero-order valence-corrected chi connectivity index (χ0v) is 18.8. The number of sulfonamides is 1. The SMILES string of the molecule is CC(=O)N1c2ccc(S(=O)(=O)N(Cc3ccccc3)c3cccc(C)c3)cc2CC1C. The predicted molar refractivity (Wildman–Crippen MR) is 124 cm³/mol. The molecule has 0 saturated heterocycles. The van der Waals surface area contributed by atoms with Gasteiger partial charge in [0.05, 0.1) is 17.1 Å². The second-order valence-electron chi connectivity index (χ2n) is 8.07. The Kier molecular flexibility index (Phi) is 5.58. The van der Waals surface area contributed by atoms with Gasteiger partial charge in [0.25, 0.3) is 10.0 Å².